The molecule has 0 aromatic carbocycles. The Morgan fingerprint density at radius 2 is 2.23 bits per heavy atom. The largest absolute Gasteiger partial charge is 0.314 e. The fourth-order valence-electron chi connectivity index (χ4n) is 4.06. The lowest BCUT2D eigenvalue weighted by Crippen LogP contribution is -2.39. The van der Waals surface area contributed by atoms with Gasteiger partial charge >= 0.3 is 0 Å². The van der Waals surface area contributed by atoms with Gasteiger partial charge in [0.1, 0.15) is 0 Å². The fraction of sp³-hybridized carbons (Fsp3) is 0.833. The number of allylic oxidation sites excluding steroid dienone is 2. The highest BCUT2D eigenvalue weighted by molar-refractivity contribution is 5.15. The van der Waals surface area contributed by atoms with Crippen LogP contribution in [0.4, 0.5) is 0 Å². The van der Waals surface area contributed by atoms with Crippen LogP contribution in [0.15, 0.2) is 12.2 Å². The van der Waals surface area contributed by atoms with E-state index in [9.17, 15) is 0 Å². The van der Waals surface area contributed by atoms with Gasteiger partial charge < -0.3 is 5.32 Å². The molecule has 0 radical (unpaired) electrons. The molecule has 72 valence electrons. The number of hydrogen-bond acceptors (Lipinski definition) is 1. The maximum absolute atomic E-state index is 3.66. The summed E-state index contributed by atoms with van der Waals surface area (Å²) in [6, 6.07) is 0.858. The Hall–Kier alpha value is -0.300. The Morgan fingerprint density at radius 3 is 3.08 bits per heavy atom. The number of hydrogen-bond donors (Lipinski definition) is 1. The van der Waals surface area contributed by atoms with Crippen LogP contribution in [0.25, 0.3) is 0 Å². The highest BCUT2D eigenvalue weighted by atomic mass is 14.9. The summed E-state index contributed by atoms with van der Waals surface area (Å²) in [6.45, 7) is 3.38. The standard InChI is InChI=1S/C12H19N/c1-2-13-12-7-8-6-11(12)10-5-3-4-9(8)10/h3-4,8-13H,2,5-7H2,1H3. The van der Waals surface area contributed by atoms with Crippen molar-refractivity contribution in [2.45, 2.75) is 32.2 Å². The predicted octanol–water partition coefficient (Wildman–Crippen LogP) is 2.20. The summed E-state index contributed by atoms with van der Waals surface area (Å²) in [4.78, 5) is 0. The summed E-state index contributed by atoms with van der Waals surface area (Å²) in [5.74, 6) is 4.02. The van der Waals surface area contributed by atoms with Crippen molar-refractivity contribution in [2.75, 3.05) is 6.54 Å². The molecule has 0 spiro atoms. The molecule has 2 saturated carbocycles. The van der Waals surface area contributed by atoms with E-state index in [1.165, 1.54) is 19.3 Å². The number of fused-ring (bicyclic) bond motifs is 5. The topological polar surface area (TPSA) is 12.0 Å². The normalized spacial score (nSPS) is 51.6. The minimum Gasteiger partial charge on any atom is -0.314 e. The van der Waals surface area contributed by atoms with Gasteiger partial charge in [0.25, 0.3) is 0 Å². The second kappa shape index (κ2) is 2.84. The molecular formula is C12H19N. The molecular weight excluding hydrogens is 158 g/mol. The van der Waals surface area contributed by atoms with Gasteiger partial charge in [-0.25, -0.2) is 0 Å². The number of nitrogens with one attached hydrogen (secondary N) is 1. The summed E-state index contributed by atoms with van der Waals surface area (Å²) in [5, 5.41) is 3.66. The van der Waals surface area contributed by atoms with Crippen molar-refractivity contribution in [1.29, 1.82) is 0 Å². The predicted molar refractivity (Wildman–Crippen MR) is 54.4 cm³/mol. The van der Waals surface area contributed by atoms with Gasteiger partial charge in [-0.15, -0.1) is 0 Å². The summed E-state index contributed by atoms with van der Waals surface area (Å²) >= 11 is 0. The third-order valence-electron chi connectivity index (χ3n) is 4.47. The van der Waals surface area contributed by atoms with Gasteiger partial charge in [0.15, 0.2) is 0 Å². The van der Waals surface area contributed by atoms with E-state index < -0.39 is 0 Å². The van der Waals surface area contributed by atoms with Gasteiger partial charge in [0.05, 0.1) is 0 Å². The Balaban J connectivity index is 1.76. The first-order valence-corrected chi connectivity index (χ1v) is 5.80. The summed E-state index contributed by atoms with van der Waals surface area (Å²) in [6.07, 6.45) is 9.25. The van der Waals surface area contributed by atoms with E-state index in [1.54, 1.807) is 0 Å². The van der Waals surface area contributed by atoms with Crippen LogP contribution in [0.5, 0.6) is 0 Å². The van der Waals surface area contributed by atoms with E-state index in [0.29, 0.717) is 0 Å². The molecule has 0 heterocycles. The Labute approximate surface area is 80.6 Å². The molecule has 0 aromatic heterocycles. The lowest BCUT2D eigenvalue weighted by atomic mass is 9.79. The Morgan fingerprint density at radius 1 is 1.31 bits per heavy atom. The first-order valence-electron chi connectivity index (χ1n) is 5.80. The molecule has 0 aliphatic heterocycles. The van der Waals surface area contributed by atoms with Crippen molar-refractivity contribution in [1.82, 2.24) is 5.32 Å². The average molecular weight is 177 g/mol. The van der Waals surface area contributed by atoms with E-state index in [2.05, 4.69) is 24.4 Å². The SMILES string of the molecule is CCNC1CC2CC1C1CC=CC21. The summed E-state index contributed by atoms with van der Waals surface area (Å²) in [5.41, 5.74) is 0. The molecule has 0 amide bonds. The second-order valence-corrected chi connectivity index (χ2v) is 4.96. The van der Waals surface area contributed by atoms with Crippen LogP contribution in [0.2, 0.25) is 0 Å². The third-order valence-corrected chi connectivity index (χ3v) is 4.47. The molecule has 3 rings (SSSR count). The molecule has 3 aliphatic carbocycles. The maximum Gasteiger partial charge on any atom is 0.0101 e. The molecule has 13 heavy (non-hydrogen) atoms. The van der Waals surface area contributed by atoms with Crippen molar-refractivity contribution in [3.63, 3.8) is 0 Å². The molecule has 5 unspecified atom stereocenters. The molecule has 1 heteroatoms. The molecule has 3 aliphatic rings. The van der Waals surface area contributed by atoms with Crippen molar-refractivity contribution < 1.29 is 0 Å². The minimum atomic E-state index is 0.858. The molecule has 0 saturated heterocycles. The molecule has 2 fully saturated rings. The molecule has 2 bridgehead atoms. The van der Waals surface area contributed by atoms with E-state index >= 15 is 0 Å². The minimum absolute atomic E-state index is 0.858. The Kier molecular flexibility index (Phi) is 1.76. The van der Waals surface area contributed by atoms with Gasteiger partial charge in [-0.2, -0.15) is 0 Å². The Bertz CT molecular complexity index is 233. The molecule has 5 atom stereocenters. The first-order chi connectivity index (χ1) is 6.40. The van der Waals surface area contributed by atoms with Gasteiger partial charge in [-0.3, -0.25) is 0 Å². The highest BCUT2D eigenvalue weighted by Gasteiger charge is 2.51. The van der Waals surface area contributed by atoms with E-state index in [0.717, 1.165) is 36.3 Å². The quantitative estimate of drug-likeness (QED) is 0.638. The third kappa shape index (κ3) is 1.03. The van der Waals surface area contributed by atoms with E-state index in [4.69, 9.17) is 0 Å². The average Bonchev–Trinajstić information content (AvgIpc) is 2.72. The van der Waals surface area contributed by atoms with Crippen molar-refractivity contribution in [3.05, 3.63) is 12.2 Å². The van der Waals surface area contributed by atoms with E-state index in [-0.39, 0.29) is 0 Å². The molecule has 1 N–H and O–H groups in total. The smallest absolute Gasteiger partial charge is 0.0101 e. The molecule has 0 aromatic rings. The fourth-order valence-corrected chi connectivity index (χ4v) is 4.06. The van der Waals surface area contributed by atoms with Crippen LogP contribution in [0.3, 0.4) is 0 Å². The molecule has 1 nitrogen and oxygen atoms in total. The zero-order chi connectivity index (χ0) is 8.84. The van der Waals surface area contributed by atoms with E-state index in [1.807, 2.05) is 0 Å². The second-order valence-electron chi connectivity index (χ2n) is 4.96. The zero-order valence-electron chi connectivity index (χ0n) is 8.37. The van der Waals surface area contributed by atoms with Crippen LogP contribution in [0.1, 0.15) is 26.2 Å². The zero-order valence-corrected chi connectivity index (χ0v) is 8.37. The van der Waals surface area contributed by atoms with Gasteiger partial charge in [0, 0.05) is 6.04 Å². The van der Waals surface area contributed by atoms with Crippen LogP contribution >= 0.6 is 0 Å². The lowest BCUT2D eigenvalue weighted by Gasteiger charge is -2.31. The van der Waals surface area contributed by atoms with Crippen LogP contribution < -0.4 is 5.32 Å². The van der Waals surface area contributed by atoms with Crippen molar-refractivity contribution >= 4 is 0 Å². The lowest BCUT2D eigenvalue weighted by molar-refractivity contribution is 0.228. The maximum atomic E-state index is 3.66. The van der Waals surface area contributed by atoms with Crippen molar-refractivity contribution in [2.24, 2.45) is 23.7 Å². The summed E-state index contributed by atoms with van der Waals surface area (Å²) < 4.78 is 0. The van der Waals surface area contributed by atoms with Gasteiger partial charge in [-0.1, -0.05) is 19.1 Å². The summed E-state index contributed by atoms with van der Waals surface area (Å²) in [7, 11) is 0. The van der Waals surface area contributed by atoms with Crippen molar-refractivity contribution in [3.8, 4) is 0 Å². The number of rotatable bonds is 2. The highest BCUT2D eigenvalue weighted by Crippen LogP contribution is 2.56. The van der Waals surface area contributed by atoms with Crippen LogP contribution in [-0.2, 0) is 0 Å². The van der Waals surface area contributed by atoms with Gasteiger partial charge in [-0.05, 0) is 49.5 Å². The monoisotopic (exact) mass is 177 g/mol. The first kappa shape index (κ1) is 8.05. The van der Waals surface area contributed by atoms with Crippen LogP contribution in [0, 0.1) is 23.7 Å². The van der Waals surface area contributed by atoms with Gasteiger partial charge in [0.2, 0.25) is 0 Å². The van der Waals surface area contributed by atoms with Crippen LogP contribution in [-0.4, -0.2) is 12.6 Å².